The molecule has 3 heterocycles. The number of aryl methyl sites for hydroxylation is 2. The predicted octanol–water partition coefficient (Wildman–Crippen LogP) is 4.96. The number of rotatable bonds is 3. The maximum atomic E-state index is 12.6. The second kappa shape index (κ2) is 6.62. The molecule has 3 aromatic rings. The molecular formula is C22H24N4O2. The zero-order valence-electron chi connectivity index (χ0n) is 16.3. The number of aromatic amines is 1. The van der Waals surface area contributed by atoms with Crippen LogP contribution in [0.15, 0.2) is 34.5 Å². The van der Waals surface area contributed by atoms with Gasteiger partial charge in [-0.2, -0.15) is 0 Å². The van der Waals surface area contributed by atoms with E-state index >= 15 is 0 Å². The highest BCUT2D eigenvalue weighted by molar-refractivity contribution is 5.84. The zero-order valence-corrected chi connectivity index (χ0v) is 16.3. The molecule has 0 spiro atoms. The first-order valence-corrected chi connectivity index (χ1v) is 10.1. The van der Waals surface area contributed by atoms with Crippen LogP contribution in [0.4, 0.5) is 0 Å². The van der Waals surface area contributed by atoms with E-state index in [0.29, 0.717) is 6.42 Å². The molecule has 0 saturated carbocycles. The van der Waals surface area contributed by atoms with Crippen LogP contribution < -0.4 is 0 Å². The Morgan fingerprint density at radius 3 is 2.86 bits per heavy atom. The van der Waals surface area contributed by atoms with Gasteiger partial charge in [0, 0.05) is 17.7 Å². The number of nitrogens with one attached hydrogen (secondary N) is 1. The van der Waals surface area contributed by atoms with Crippen molar-refractivity contribution in [2.45, 2.75) is 58.4 Å². The molecule has 2 aliphatic rings. The molecule has 2 aromatic heterocycles. The number of H-pyrrole nitrogens is 1. The van der Waals surface area contributed by atoms with E-state index in [1.165, 1.54) is 12.1 Å². The highest BCUT2D eigenvalue weighted by Crippen LogP contribution is 2.38. The number of amides is 1. The molecule has 1 N–H and O–H groups in total. The fourth-order valence-electron chi connectivity index (χ4n) is 4.58. The van der Waals surface area contributed by atoms with Gasteiger partial charge in [0.05, 0.1) is 22.8 Å². The fourth-order valence-corrected chi connectivity index (χ4v) is 4.58. The lowest BCUT2D eigenvalue weighted by molar-refractivity contribution is -0.127. The standard InChI is InChI=1S/C22H24N4O2/c1-13-21(14(2)28-25-13)15-8-9-17-18(12-15)24-22(23-17)19-10-11-20(27)26(19)16-6-4-3-5-7-16/h6,8-9,12,19H,3-5,7,10-11H2,1-2H3,(H,23,24)/t19-/m0/s1. The monoisotopic (exact) mass is 376 g/mol. The van der Waals surface area contributed by atoms with Crippen molar-refractivity contribution in [3.05, 3.63) is 47.3 Å². The summed E-state index contributed by atoms with van der Waals surface area (Å²) in [6, 6.07) is 6.18. The van der Waals surface area contributed by atoms with Gasteiger partial charge in [0.25, 0.3) is 0 Å². The normalized spacial score (nSPS) is 20.2. The Labute approximate surface area is 163 Å². The van der Waals surface area contributed by atoms with Crippen LogP contribution in [0.3, 0.4) is 0 Å². The number of allylic oxidation sites excluding steroid dienone is 2. The topological polar surface area (TPSA) is 75.0 Å². The third kappa shape index (κ3) is 2.75. The molecule has 144 valence electrons. The lowest BCUT2D eigenvalue weighted by Gasteiger charge is -2.28. The molecule has 1 amide bonds. The number of hydrogen-bond acceptors (Lipinski definition) is 4. The number of hydrogen-bond donors (Lipinski definition) is 1. The summed E-state index contributed by atoms with van der Waals surface area (Å²) in [5.41, 5.74) is 6.05. The summed E-state index contributed by atoms with van der Waals surface area (Å²) >= 11 is 0. The van der Waals surface area contributed by atoms with Crippen molar-refractivity contribution in [1.29, 1.82) is 0 Å². The van der Waals surface area contributed by atoms with Crippen molar-refractivity contribution in [2.75, 3.05) is 0 Å². The quantitative estimate of drug-likeness (QED) is 0.701. The minimum Gasteiger partial charge on any atom is -0.361 e. The SMILES string of the molecule is Cc1noc(C)c1-c1ccc2nc([C@@H]3CCC(=O)N3C3=CCCCC3)[nH]c2c1. The van der Waals surface area contributed by atoms with Gasteiger partial charge in [-0.15, -0.1) is 0 Å². The molecule has 6 nitrogen and oxygen atoms in total. The number of imidazole rings is 1. The van der Waals surface area contributed by atoms with Crippen LogP contribution in [-0.4, -0.2) is 25.9 Å². The second-order valence-electron chi connectivity index (χ2n) is 7.81. The molecule has 0 unspecified atom stereocenters. The zero-order chi connectivity index (χ0) is 19.3. The number of benzene rings is 1. The van der Waals surface area contributed by atoms with Gasteiger partial charge in [-0.25, -0.2) is 4.98 Å². The minimum atomic E-state index is 0.00626. The highest BCUT2D eigenvalue weighted by atomic mass is 16.5. The van der Waals surface area contributed by atoms with Crippen LogP contribution >= 0.6 is 0 Å². The van der Waals surface area contributed by atoms with Crippen molar-refractivity contribution >= 4 is 16.9 Å². The summed E-state index contributed by atoms with van der Waals surface area (Å²) in [6.07, 6.45) is 8.05. The Hall–Kier alpha value is -2.89. The van der Waals surface area contributed by atoms with E-state index in [1.54, 1.807) is 0 Å². The molecule has 1 saturated heterocycles. The third-order valence-electron chi connectivity index (χ3n) is 5.93. The first kappa shape index (κ1) is 17.2. The molecule has 1 fully saturated rings. The molecule has 0 bridgehead atoms. The van der Waals surface area contributed by atoms with E-state index in [4.69, 9.17) is 9.51 Å². The largest absolute Gasteiger partial charge is 0.361 e. The minimum absolute atomic E-state index is 0.00626. The van der Waals surface area contributed by atoms with Crippen molar-refractivity contribution < 1.29 is 9.32 Å². The van der Waals surface area contributed by atoms with Gasteiger partial charge >= 0.3 is 0 Å². The highest BCUT2D eigenvalue weighted by Gasteiger charge is 2.36. The number of aromatic nitrogens is 3. The average Bonchev–Trinajstić information content (AvgIpc) is 3.38. The third-order valence-corrected chi connectivity index (χ3v) is 5.93. The van der Waals surface area contributed by atoms with E-state index in [9.17, 15) is 4.79 Å². The summed E-state index contributed by atoms with van der Waals surface area (Å²) in [5.74, 6) is 1.91. The molecule has 0 radical (unpaired) electrons. The summed E-state index contributed by atoms with van der Waals surface area (Å²) in [4.78, 5) is 22.9. The lowest BCUT2D eigenvalue weighted by Crippen LogP contribution is -2.28. The summed E-state index contributed by atoms with van der Waals surface area (Å²) < 4.78 is 5.32. The van der Waals surface area contributed by atoms with E-state index in [2.05, 4.69) is 28.3 Å². The van der Waals surface area contributed by atoms with Crippen molar-refractivity contribution in [1.82, 2.24) is 20.0 Å². The first-order chi connectivity index (χ1) is 13.6. The Balaban J connectivity index is 1.53. The molecule has 28 heavy (non-hydrogen) atoms. The summed E-state index contributed by atoms with van der Waals surface area (Å²) in [7, 11) is 0. The van der Waals surface area contributed by atoms with Crippen LogP contribution in [0.5, 0.6) is 0 Å². The second-order valence-corrected chi connectivity index (χ2v) is 7.81. The average molecular weight is 376 g/mol. The molecular weight excluding hydrogens is 352 g/mol. The molecule has 1 aliphatic carbocycles. The molecule has 1 aliphatic heterocycles. The molecule has 5 rings (SSSR count). The Morgan fingerprint density at radius 2 is 2.11 bits per heavy atom. The molecule has 6 heteroatoms. The van der Waals surface area contributed by atoms with Gasteiger partial charge in [0.2, 0.25) is 5.91 Å². The summed E-state index contributed by atoms with van der Waals surface area (Å²) in [5, 5.41) is 4.06. The Kier molecular flexibility index (Phi) is 4.07. The summed E-state index contributed by atoms with van der Waals surface area (Å²) in [6.45, 7) is 3.88. The molecule has 1 aromatic carbocycles. The van der Waals surface area contributed by atoms with Crippen molar-refractivity contribution in [3.63, 3.8) is 0 Å². The lowest BCUT2D eigenvalue weighted by atomic mass is 10.0. The maximum absolute atomic E-state index is 12.6. The van der Waals surface area contributed by atoms with Crippen LogP contribution in [0.25, 0.3) is 22.2 Å². The maximum Gasteiger partial charge on any atom is 0.227 e. The van der Waals surface area contributed by atoms with Gasteiger partial charge in [-0.1, -0.05) is 17.3 Å². The van der Waals surface area contributed by atoms with Gasteiger partial charge < -0.3 is 14.4 Å². The van der Waals surface area contributed by atoms with Crippen LogP contribution in [0.2, 0.25) is 0 Å². The smallest absolute Gasteiger partial charge is 0.227 e. The fraction of sp³-hybridized carbons (Fsp3) is 0.409. The van der Waals surface area contributed by atoms with Crippen molar-refractivity contribution in [2.24, 2.45) is 0 Å². The predicted molar refractivity (Wildman–Crippen MR) is 106 cm³/mol. The van der Waals surface area contributed by atoms with E-state index < -0.39 is 0 Å². The Morgan fingerprint density at radius 1 is 1.21 bits per heavy atom. The number of carbonyl (C=O) groups is 1. The molecule has 1 atom stereocenters. The van der Waals surface area contributed by atoms with Gasteiger partial charge in [0.15, 0.2) is 0 Å². The number of fused-ring (bicyclic) bond motifs is 1. The van der Waals surface area contributed by atoms with Gasteiger partial charge in [-0.05, 0) is 63.6 Å². The Bertz CT molecular complexity index is 1070. The van der Waals surface area contributed by atoms with Gasteiger partial charge in [0.1, 0.15) is 11.6 Å². The van der Waals surface area contributed by atoms with E-state index in [1.807, 2.05) is 24.8 Å². The van der Waals surface area contributed by atoms with E-state index in [-0.39, 0.29) is 11.9 Å². The number of carbonyl (C=O) groups excluding carboxylic acids is 1. The number of nitrogens with zero attached hydrogens (tertiary/aromatic N) is 3. The van der Waals surface area contributed by atoms with E-state index in [0.717, 1.165) is 65.1 Å². The van der Waals surface area contributed by atoms with Gasteiger partial charge in [-0.3, -0.25) is 4.79 Å². The van der Waals surface area contributed by atoms with Crippen LogP contribution in [0, 0.1) is 13.8 Å². The van der Waals surface area contributed by atoms with Crippen LogP contribution in [0.1, 0.15) is 61.8 Å². The number of likely N-dealkylation sites (tertiary alicyclic amines) is 1. The first-order valence-electron chi connectivity index (χ1n) is 10.1. The van der Waals surface area contributed by atoms with Crippen molar-refractivity contribution in [3.8, 4) is 11.1 Å². The van der Waals surface area contributed by atoms with Crippen LogP contribution in [-0.2, 0) is 4.79 Å².